The Hall–Kier alpha value is -8.45. The molecule has 3 aliphatic heterocycles. The summed E-state index contributed by atoms with van der Waals surface area (Å²) >= 11 is 0. The molecule has 4 aromatic rings. The van der Waals surface area contributed by atoms with Crippen LogP contribution in [0.15, 0.2) is 245 Å². The van der Waals surface area contributed by atoms with Crippen molar-refractivity contribution in [3.8, 4) is 0 Å². The lowest BCUT2D eigenvalue weighted by atomic mass is 9.86. The smallest absolute Gasteiger partial charge is 0.112 e. The summed E-state index contributed by atoms with van der Waals surface area (Å²) in [6.07, 6.45) is 38.0. The van der Waals surface area contributed by atoms with Crippen molar-refractivity contribution in [3.05, 3.63) is 274 Å². The third kappa shape index (κ3) is 8.05. The van der Waals surface area contributed by atoms with Gasteiger partial charge >= 0.3 is 0 Å². The summed E-state index contributed by atoms with van der Waals surface area (Å²) < 4.78 is 0. The molecule has 0 radical (unpaired) electrons. The van der Waals surface area contributed by atoms with Gasteiger partial charge in [0.25, 0.3) is 0 Å². The van der Waals surface area contributed by atoms with E-state index >= 15 is 0 Å². The zero-order valence-electron chi connectivity index (χ0n) is 36.1. The monoisotopic (exact) mass is 826 g/mol. The molecule has 5 aliphatic rings. The number of hydrogen-bond donors (Lipinski definition) is 1. The van der Waals surface area contributed by atoms with Crippen LogP contribution in [-0.4, -0.2) is 16.2 Å². The molecule has 2 bridgehead atoms. The SMILES string of the molecule is C=C/C=C\C=C=C(N)c1ccccc1C1=C(C)C2C=C(C=C1)N(C1=CC(N3C(/C=C\C(C)c4ccccc4C4=C=CC=CC=N4)=C=C(C)c4ncccc43)=CC=C=C1)c1cccnc12. The van der Waals surface area contributed by atoms with Crippen molar-refractivity contribution in [1.82, 2.24) is 9.97 Å². The van der Waals surface area contributed by atoms with E-state index in [1.807, 2.05) is 91.5 Å². The first-order valence-electron chi connectivity index (χ1n) is 21.4. The quantitative estimate of drug-likeness (QED) is 0.127. The van der Waals surface area contributed by atoms with Crippen LogP contribution in [0.2, 0.25) is 0 Å². The van der Waals surface area contributed by atoms with Gasteiger partial charge in [0.05, 0.1) is 39.9 Å². The molecule has 2 unspecified atom stereocenters. The topological polar surface area (TPSA) is 70.6 Å². The number of aliphatic imine (C=N–C) groups is 1. The van der Waals surface area contributed by atoms with Gasteiger partial charge in [-0.15, -0.1) is 5.73 Å². The van der Waals surface area contributed by atoms with Crippen molar-refractivity contribution in [2.75, 3.05) is 9.80 Å². The Morgan fingerprint density at radius 1 is 0.859 bits per heavy atom. The highest BCUT2D eigenvalue weighted by Crippen LogP contribution is 2.47. The van der Waals surface area contributed by atoms with Gasteiger partial charge in [-0.3, -0.25) is 9.97 Å². The van der Waals surface area contributed by atoms with Crippen molar-refractivity contribution in [1.29, 1.82) is 0 Å². The Labute approximate surface area is 375 Å². The molecular weight excluding hydrogens is 781 g/mol. The minimum absolute atomic E-state index is 0.0519. The Morgan fingerprint density at radius 2 is 1.67 bits per heavy atom. The molecule has 64 heavy (non-hydrogen) atoms. The van der Waals surface area contributed by atoms with E-state index in [0.717, 1.165) is 84.6 Å². The van der Waals surface area contributed by atoms with E-state index < -0.39 is 0 Å². The highest BCUT2D eigenvalue weighted by Gasteiger charge is 2.33. The summed E-state index contributed by atoms with van der Waals surface area (Å²) in [6, 6.07) is 24.9. The average molecular weight is 827 g/mol. The van der Waals surface area contributed by atoms with E-state index in [0.29, 0.717) is 5.70 Å². The normalized spacial score (nSPS) is 17.6. The highest BCUT2D eigenvalue weighted by molar-refractivity contribution is 5.89. The lowest BCUT2D eigenvalue weighted by Crippen LogP contribution is -2.28. The van der Waals surface area contributed by atoms with Gasteiger partial charge in [-0.1, -0.05) is 121 Å². The lowest BCUT2D eigenvalue weighted by molar-refractivity contribution is 0.881. The molecular formula is C58H46N6. The van der Waals surface area contributed by atoms with Gasteiger partial charge in [0.2, 0.25) is 0 Å². The second kappa shape index (κ2) is 18.3. The molecule has 2 aromatic carbocycles. The zero-order chi connectivity index (χ0) is 44.0. The summed E-state index contributed by atoms with van der Waals surface area (Å²) in [5.41, 5.74) is 36.8. The molecule has 2 atom stereocenters. The van der Waals surface area contributed by atoms with Crippen LogP contribution in [-0.2, 0) is 0 Å². The maximum Gasteiger partial charge on any atom is 0.112 e. The number of anilines is 2. The third-order valence-electron chi connectivity index (χ3n) is 11.6. The molecule has 9 rings (SSSR count). The summed E-state index contributed by atoms with van der Waals surface area (Å²) in [5, 5.41) is 0. The van der Waals surface area contributed by atoms with Crippen molar-refractivity contribution in [2.45, 2.75) is 32.6 Å². The van der Waals surface area contributed by atoms with Gasteiger partial charge in [-0.05, 0) is 109 Å². The fourth-order valence-corrected chi connectivity index (χ4v) is 8.58. The third-order valence-corrected chi connectivity index (χ3v) is 11.6. The Kier molecular flexibility index (Phi) is 11.7. The first kappa shape index (κ1) is 40.9. The molecule has 6 nitrogen and oxygen atoms in total. The molecule has 0 saturated carbocycles. The summed E-state index contributed by atoms with van der Waals surface area (Å²) in [6.45, 7) is 10.2. The molecule has 2 aromatic heterocycles. The molecule has 308 valence electrons. The van der Waals surface area contributed by atoms with E-state index in [1.54, 1.807) is 6.08 Å². The minimum Gasteiger partial charge on any atom is -0.392 e. The van der Waals surface area contributed by atoms with Crippen LogP contribution in [0.1, 0.15) is 66.2 Å². The van der Waals surface area contributed by atoms with Crippen molar-refractivity contribution in [2.24, 2.45) is 10.7 Å². The predicted octanol–water partition coefficient (Wildman–Crippen LogP) is 12.9. The molecule has 0 spiro atoms. The number of aromatic nitrogens is 2. The van der Waals surface area contributed by atoms with Crippen molar-refractivity contribution < 1.29 is 0 Å². The summed E-state index contributed by atoms with van der Waals surface area (Å²) in [4.78, 5) is 19.1. The van der Waals surface area contributed by atoms with Gasteiger partial charge in [0.1, 0.15) is 5.70 Å². The molecule has 0 fully saturated rings. The number of allylic oxidation sites excluding steroid dienone is 17. The molecule has 2 aliphatic carbocycles. The maximum absolute atomic E-state index is 6.69. The Balaban J connectivity index is 1.11. The van der Waals surface area contributed by atoms with Crippen LogP contribution in [0.4, 0.5) is 11.4 Å². The lowest BCUT2D eigenvalue weighted by Gasteiger charge is -2.35. The maximum atomic E-state index is 6.69. The van der Waals surface area contributed by atoms with E-state index in [-0.39, 0.29) is 11.8 Å². The van der Waals surface area contributed by atoms with Crippen LogP contribution < -0.4 is 15.5 Å². The number of hydrogen-bond acceptors (Lipinski definition) is 6. The first-order chi connectivity index (χ1) is 31.4. The average Bonchev–Trinajstić information content (AvgIpc) is 3.81. The van der Waals surface area contributed by atoms with E-state index in [2.05, 4.69) is 156 Å². The number of benzene rings is 2. The van der Waals surface area contributed by atoms with Crippen LogP contribution in [0.5, 0.6) is 0 Å². The largest absolute Gasteiger partial charge is 0.392 e. The number of nitrogens with zero attached hydrogens (tertiary/aromatic N) is 5. The van der Waals surface area contributed by atoms with Crippen LogP contribution >= 0.6 is 0 Å². The predicted molar refractivity (Wildman–Crippen MR) is 265 cm³/mol. The van der Waals surface area contributed by atoms with Crippen LogP contribution in [0.25, 0.3) is 22.5 Å². The molecule has 0 amide bonds. The van der Waals surface area contributed by atoms with Crippen molar-refractivity contribution >= 4 is 40.1 Å². The fraction of sp³-hybridized carbons (Fsp3) is 0.0862. The van der Waals surface area contributed by atoms with E-state index in [4.69, 9.17) is 15.7 Å². The van der Waals surface area contributed by atoms with Gasteiger partial charge in [0, 0.05) is 64.6 Å². The second-order valence-corrected chi connectivity index (χ2v) is 15.7. The first-order valence-corrected chi connectivity index (χ1v) is 21.4. The Morgan fingerprint density at radius 3 is 2.55 bits per heavy atom. The van der Waals surface area contributed by atoms with Gasteiger partial charge in [-0.2, -0.15) is 0 Å². The number of pyridine rings is 2. The molecule has 0 saturated heterocycles. The minimum atomic E-state index is -0.0732. The van der Waals surface area contributed by atoms with E-state index in [1.165, 1.54) is 5.57 Å². The van der Waals surface area contributed by atoms with E-state index in [9.17, 15) is 0 Å². The van der Waals surface area contributed by atoms with Gasteiger partial charge in [-0.25, -0.2) is 4.99 Å². The summed E-state index contributed by atoms with van der Waals surface area (Å²) in [5.74, 6) is -0.0213. The van der Waals surface area contributed by atoms with Gasteiger partial charge in [0.15, 0.2) is 0 Å². The Bertz CT molecular complexity index is 3170. The standard InChI is InChI=1S/C58H46N6/c1-5-6-7-9-26-53(59)50-24-15-14-23-49(50)48-33-32-46-39-52(42(48)4)58-56(29-19-36-62-58)64(46)44-21-12-11-20-43(38-44)63-45(37-41(3)57-55(63)28-18-35-61-57)31-30-40(2)47-22-13-16-25-51(47)54-27-10-8-17-34-60-54/h5-11,13-25,28-36,38-40,52H,1,59H2,2-4H3/b7-6-,31-30-. The second-order valence-electron chi connectivity index (χ2n) is 15.7. The number of fused-ring (bicyclic) bond motifs is 4. The van der Waals surface area contributed by atoms with Crippen LogP contribution in [0.3, 0.4) is 0 Å². The zero-order valence-corrected chi connectivity index (χ0v) is 36.1. The number of nitrogens with two attached hydrogens (primary N) is 1. The summed E-state index contributed by atoms with van der Waals surface area (Å²) in [7, 11) is 0. The fourth-order valence-electron chi connectivity index (χ4n) is 8.58. The van der Waals surface area contributed by atoms with Crippen LogP contribution in [0, 0.1) is 0 Å². The van der Waals surface area contributed by atoms with Crippen molar-refractivity contribution in [3.63, 3.8) is 0 Å². The number of rotatable bonds is 10. The molecule has 5 heterocycles. The van der Waals surface area contributed by atoms with Gasteiger partial charge < -0.3 is 15.5 Å². The molecule has 2 N–H and O–H groups in total. The highest BCUT2D eigenvalue weighted by atomic mass is 15.2. The molecule has 6 heteroatoms.